The first-order valence-corrected chi connectivity index (χ1v) is 8.82. The molecule has 0 aliphatic rings. The number of hydrogen-bond acceptors (Lipinski definition) is 2. The molecule has 0 bridgehead atoms. The van der Waals surface area contributed by atoms with Crippen LogP contribution >= 0.6 is 11.8 Å². The maximum absolute atomic E-state index is 3.60. The number of aromatic amines is 1. The van der Waals surface area contributed by atoms with Crippen LogP contribution in [0.25, 0.3) is 10.9 Å². The van der Waals surface area contributed by atoms with Gasteiger partial charge in [0.1, 0.15) is 0 Å². The fourth-order valence-electron chi connectivity index (χ4n) is 2.81. The predicted molar refractivity (Wildman–Crippen MR) is 103 cm³/mol. The fourth-order valence-corrected chi connectivity index (χ4v) is 3.76. The topological polar surface area (TPSA) is 27.8 Å². The highest BCUT2D eigenvalue weighted by Crippen LogP contribution is 2.33. The molecule has 3 aromatic carbocycles. The summed E-state index contributed by atoms with van der Waals surface area (Å²) in [7, 11) is 0. The first-order valence-electron chi connectivity index (χ1n) is 8.01. The van der Waals surface area contributed by atoms with Gasteiger partial charge in [0.25, 0.3) is 0 Å². The summed E-state index contributed by atoms with van der Waals surface area (Å²) >= 11 is 1.79. The van der Waals surface area contributed by atoms with Crippen LogP contribution in [0.15, 0.2) is 94.9 Å². The van der Waals surface area contributed by atoms with Crippen molar-refractivity contribution in [1.82, 2.24) is 4.98 Å². The van der Waals surface area contributed by atoms with Crippen LogP contribution < -0.4 is 5.32 Å². The normalized spacial score (nSPS) is 10.8. The highest BCUT2D eigenvalue weighted by Gasteiger charge is 2.05. The average Bonchev–Trinajstić information content (AvgIpc) is 3.11. The number of nitrogens with one attached hydrogen (secondary N) is 2. The monoisotopic (exact) mass is 330 g/mol. The lowest BCUT2D eigenvalue weighted by molar-refractivity contribution is 1.15. The molecule has 2 N–H and O–H groups in total. The Morgan fingerprint density at radius 3 is 2.54 bits per heavy atom. The van der Waals surface area contributed by atoms with Crippen molar-refractivity contribution in [1.29, 1.82) is 0 Å². The second kappa shape index (κ2) is 6.85. The Morgan fingerprint density at radius 1 is 0.792 bits per heavy atom. The van der Waals surface area contributed by atoms with Crippen LogP contribution in [0.1, 0.15) is 5.56 Å². The van der Waals surface area contributed by atoms with Crippen molar-refractivity contribution in [2.45, 2.75) is 16.3 Å². The number of anilines is 1. The van der Waals surface area contributed by atoms with Crippen molar-refractivity contribution < 1.29 is 0 Å². The van der Waals surface area contributed by atoms with Crippen LogP contribution in [-0.4, -0.2) is 4.98 Å². The van der Waals surface area contributed by atoms with E-state index in [1.807, 2.05) is 12.3 Å². The van der Waals surface area contributed by atoms with E-state index in [-0.39, 0.29) is 0 Å². The average molecular weight is 330 g/mol. The number of rotatable bonds is 5. The van der Waals surface area contributed by atoms with E-state index in [0.29, 0.717) is 0 Å². The van der Waals surface area contributed by atoms with E-state index in [1.165, 1.54) is 31.9 Å². The second-order valence-electron chi connectivity index (χ2n) is 5.62. The zero-order chi connectivity index (χ0) is 16.2. The van der Waals surface area contributed by atoms with Gasteiger partial charge in [-0.1, -0.05) is 54.2 Å². The molecule has 0 unspecified atom stereocenters. The van der Waals surface area contributed by atoms with E-state index >= 15 is 0 Å². The molecule has 4 rings (SSSR count). The number of fused-ring (bicyclic) bond motifs is 1. The third kappa shape index (κ3) is 3.17. The first-order chi connectivity index (χ1) is 11.9. The van der Waals surface area contributed by atoms with Crippen LogP contribution in [-0.2, 0) is 6.54 Å². The zero-order valence-electron chi connectivity index (χ0n) is 13.2. The number of hydrogen-bond donors (Lipinski definition) is 2. The summed E-state index contributed by atoms with van der Waals surface area (Å²) in [5, 5.41) is 4.87. The van der Waals surface area contributed by atoms with Crippen LogP contribution in [0.2, 0.25) is 0 Å². The van der Waals surface area contributed by atoms with Crippen molar-refractivity contribution in [3.63, 3.8) is 0 Å². The van der Waals surface area contributed by atoms with Gasteiger partial charge in [-0.2, -0.15) is 0 Å². The van der Waals surface area contributed by atoms with Gasteiger partial charge < -0.3 is 10.3 Å². The highest BCUT2D eigenvalue weighted by atomic mass is 32.2. The van der Waals surface area contributed by atoms with Gasteiger partial charge in [0, 0.05) is 39.1 Å². The smallest absolute Gasteiger partial charge is 0.0484 e. The van der Waals surface area contributed by atoms with Crippen LogP contribution in [0.4, 0.5) is 5.69 Å². The van der Waals surface area contributed by atoms with Gasteiger partial charge in [0.05, 0.1) is 0 Å². The Labute approximate surface area is 145 Å². The molecule has 1 aromatic heterocycles. The number of aromatic nitrogens is 1. The molecular weight excluding hydrogens is 312 g/mol. The molecule has 4 aromatic rings. The quantitative estimate of drug-likeness (QED) is 0.474. The van der Waals surface area contributed by atoms with Gasteiger partial charge in [0.2, 0.25) is 0 Å². The molecule has 0 fully saturated rings. The molecular formula is C21H18N2S. The molecule has 0 spiro atoms. The van der Waals surface area contributed by atoms with Gasteiger partial charge >= 0.3 is 0 Å². The molecule has 0 saturated carbocycles. The van der Waals surface area contributed by atoms with Gasteiger partial charge in [-0.3, -0.25) is 0 Å². The molecule has 0 aliphatic heterocycles. The maximum atomic E-state index is 3.60. The summed E-state index contributed by atoms with van der Waals surface area (Å²) in [5.41, 5.74) is 3.65. The summed E-state index contributed by atoms with van der Waals surface area (Å²) in [6.07, 6.45) is 1.99. The Hall–Kier alpha value is -2.65. The molecule has 0 saturated heterocycles. The summed E-state index contributed by atoms with van der Waals surface area (Å²) in [5.74, 6) is 0. The van der Waals surface area contributed by atoms with E-state index in [2.05, 4.69) is 83.1 Å². The van der Waals surface area contributed by atoms with Crippen molar-refractivity contribution >= 4 is 28.4 Å². The summed E-state index contributed by atoms with van der Waals surface area (Å²) in [6, 6.07) is 27.5. The van der Waals surface area contributed by atoms with E-state index in [4.69, 9.17) is 0 Å². The van der Waals surface area contributed by atoms with Gasteiger partial charge in [0.15, 0.2) is 0 Å². The number of H-pyrrole nitrogens is 1. The van der Waals surface area contributed by atoms with Crippen LogP contribution in [0.5, 0.6) is 0 Å². The molecule has 24 heavy (non-hydrogen) atoms. The van der Waals surface area contributed by atoms with Crippen molar-refractivity contribution in [3.8, 4) is 0 Å². The van der Waals surface area contributed by atoms with Gasteiger partial charge in [-0.05, 0) is 42.0 Å². The largest absolute Gasteiger partial charge is 0.380 e. The molecule has 2 nitrogen and oxygen atoms in total. The molecule has 1 heterocycles. The van der Waals surface area contributed by atoms with Crippen molar-refractivity contribution in [3.05, 3.63) is 90.6 Å². The fraction of sp³-hybridized carbons (Fsp3) is 0.0476. The first kappa shape index (κ1) is 14.9. The minimum atomic E-state index is 0.807. The van der Waals surface area contributed by atoms with Crippen molar-refractivity contribution in [2.24, 2.45) is 0 Å². The highest BCUT2D eigenvalue weighted by molar-refractivity contribution is 7.99. The van der Waals surface area contributed by atoms with Crippen LogP contribution in [0, 0.1) is 0 Å². The van der Waals surface area contributed by atoms with Gasteiger partial charge in [-0.25, -0.2) is 0 Å². The van der Waals surface area contributed by atoms with E-state index < -0.39 is 0 Å². The Bertz CT molecular complexity index is 944. The zero-order valence-corrected chi connectivity index (χ0v) is 14.0. The van der Waals surface area contributed by atoms with Crippen LogP contribution in [0.3, 0.4) is 0 Å². The third-order valence-corrected chi connectivity index (χ3v) is 5.10. The Kier molecular flexibility index (Phi) is 4.26. The Morgan fingerprint density at radius 2 is 1.62 bits per heavy atom. The summed E-state index contributed by atoms with van der Waals surface area (Å²) in [4.78, 5) is 5.76. The predicted octanol–water partition coefficient (Wildman–Crippen LogP) is 5.93. The minimum Gasteiger partial charge on any atom is -0.380 e. The third-order valence-electron chi connectivity index (χ3n) is 4.01. The number of benzene rings is 3. The van der Waals surface area contributed by atoms with Gasteiger partial charge in [-0.15, -0.1) is 0 Å². The lowest BCUT2D eigenvalue weighted by Crippen LogP contribution is -2.00. The molecule has 0 radical (unpaired) electrons. The standard InChI is InChI=1S/C21H18N2S/c1-2-8-17(9-3-1)24-21-12-5-4-10-20(21)23-15-16-7-6-11-19-18(16)13-14-22-19/h1-14,22-23H,15H2. The molecule has 0 aliphatic carbocycles. The van der Waals surface area contributed by atoms with E-state index in [0.717, 1.165) is 6.54 Å². The molecule has 0 amide bonds. The molecule has 3 heteroatoms. The summed E-state index contributed by atoms with van der Waals surface area (Å²) in [6.45, 7) is 0.807. The number of para-hydroxylation sites is 1. The second-order valence-corrected chi connectivity index (χ2v) is 6.74. The minimum absolute atomic E-state index is 0.807. The van der Waals surface area contributed by atoms with Crippen molar-refractivity contribution in [2.75, 3.05) is 5.32 Å². The molecule has 118 valence electrons. The Balaban J connectivity index is 1.56. The van der Waals surface area contributed by atoms with E-state index in [9.17, 15) is 0 Å². The SMILES string of the molecule is c1ccc(Sc2ccccc2NCc2cccc3[nH]ccc23)cc1. The summed E-state index contributed by atoms with van der Waals surface area (Å²) < 4.78 is 0. The molecule has 0 atom stereocenters. The maximum Gasteiger partial charge on any atom is 0.0484 e. The van der Waals surface area contributed by atoms with E-state index in [1.54, 1.807) is 11.8 Å². The lowest BCUT2D eigenvalue weighted by Gasteiger charge is -2.12. The lowest BCUT2D eigenvalue weighted by atomic mass is 10.1.